The minimum absolute atomic E-state index is 0.00942. The van der Waals surface area contributed by atoms with E-state index in [0.29, 0.717) is 45.2 Å². The van der Waals surface area contributed by atoms with Gasteiger partial charge in [0.1, 0.15) is 18.1 Å². The van der Waals surface area contributed by atoms with Gasteiger partial charge in [-0.05, 0) is 92.9 Å². The Labute approximate surface area is 337 Å². The van der Waals surface area contributed by atoms with Gasteiger partial charge in [0.2, 0.25) is 29.4 Å². The predicted molar refractivity (Wildman–Crippen MR) is 211 cm³/mol. The number of ketones is 1. The van der Waals surface area contributed by atoms with Crippen molar-refractivity contribution >= 4 is 35.3 Å². The summed E-state index contributed by atoms with van der Waals surface area (Å²) in [5, 5.41) is 11.7. The molecule has 12 nitrogen and oxygen atoms in total. The van der Waals surface area contributed by atoms with E-state index in [2.05, 4.69) is 35.1 Å². The van der Waals surface area contributed by atoms with Gasteiger partial charge in [-0.15, -0.1) is 0 Å². The van der Waals surface area contributed by atoms with Gasteiger partial charge in [0.05, 0.1) is 18.6 Å². The van der Waals surface area contributed by atoms with Gasteiger partial charge in [-0.3, -0.25) is 33.7 Å². The summed E-state index contributed by atoms with van der Waals surface area (Å²) >= 11 is 0. The second-order valence-electron chi connectivity index (χ2n) is 19.9. The molecule has 0 bridgehead atoms. The Hall–Kier alpha value is -3.16. The van der Waals surface area contributed by atoms with Gasteiger partial charge < -0.3 is 26.2 Å². The molecule has 6 rings (SSSR count). The Bertz CT molecular complexity index is 1550. The van der Waals surface area contributed by atoms with Gasteiger partial charge in [0, 0.05) is 18.0 Å². The lowest BCUT2D eigenvalue weighted by atomic mass is 9.73. The Kier molecular flexibility index (Phi) is 12.8. The van der Waals surface area contributed by atoms with Crippen molar-refractivity contribution in [1.82, 2.24) is 31.1 Å². The predicted octanol–water partition coefficient (Wildman–Crippen LogP) is 4.63. The van der Waals surface area contributed by atoms with Crippen LogP contribution in [-0.4, -0.2) is 107 Å². The van der Waals surface area contributed by atoms with E-state index in [1.165, 1.54) is 4.90 Å². The zero-order valence-corrected chi connectivity index (χ0v) is 35.2. The first-order valence-electron chi connectivity index (χ1n) is 22.0. The largest absolute Gasteiger partial charge is 0.347 e. The Morgan fingerprint density at radius 2 is 1.44 bits per heavy atom. The van der Waals surface area contributed by atoms with Gasteiger partial charge in [-0.2, -0.15) is 0 Å². The average Bonchev–Trinajstić information content (AvgIpc) is 3.96. The zero-order chi connectivity index (χ0) is 41.5. The normalized spacial score (nSPS) is 28.6. The SMILES string of the molecule is CCCC(NC(=O)[C@@H]1C[C@@]2(CN1C(=O)[C@@H](NC(=O)C(NC(=O)[C@@H]1CCCCN1CC(F)F)C1CCCCC1)C(C)(C)C)C(C)(C)C21CCC1)C(=O)C(=O)NC1CC1. The molecular formula is C43H68F2N6O6. The molecule has 4 N–H and O–H groups in total. The number of carbonyl (C=O) groups is 6. The number of rotatable bonds is 15. The second-order valence-corrected chi connectivity index (χ2v) is 19.9. The van der Waals surface area contributed by atoms with Crippen molar-refractivity contribution < 1.29 is 37.5 Å². The summed E-state index contributed by atoms with van der Waals surface area (Å²) in [6.07, 6.45) is 9.49. The van der Waals surface area contributed by atoms with Crippen LogP contribution in [0.2, 0.25) is 0 Å². The van der Waals surface area contributed by atoms with Gasteiger partial charge in [-0.25, -0.2) is 8.78 Å². The summed E-state index contributed by atoms with van der Waals surface area (Å²) in [7, 11) is 0. The van der Waals surface area contributed by atoms with E-state index in [1.54, 1.807) is 4.90 Å². The Morgan fingerprint density at radius 1 is 0.789 bits per heavy atom. The van der Waals surface area contributed by atoms with Crippen LogP contribution in [-0.2, 0) is 28.8 Å². The molecule has 2 saturated heterocycles. The van der Waals surface area contributed by atoms with Gasteiger partial charge in [0.25, 0.3) is 12.3 Å². The summed E-state index contributed by atoms with van der Waals surface area (Å²) in [6, 6.07) is -4.76. The molecule has 2 aliphatic heterocycles. The highest BCUT2D eigenvalue weighted by Gasteiger charge is 2.85. The first kappa shape index (κ1) is 43.4. The van der Waals surface area contributed by atoms with Crippen molar-refractivity contribution in [2.75, 3.05) is 19.6 Å². The van der Waals surface area contributed by atoms with E-state index in [4.69, 9.17) is 0 Å². The van der Waals surface area contributed by atoms with Crippen molar-refractivity contribution in [3.63, 3.8) is 0 Å². The maximum Gasteiger partial charge on any atom is 0.289 e. The number of amides is 5. The second kappa shape index (κ2) is 16.8. The molecule has 320 valence electrons. The lowest BCUT2D eigenvalue weighted by Gasteiger charge is -2.39. The fourth-order valence-corrected chi connectivity index (χ4v) is 11.4. The van der Waals surface area contributed by atoms with Gasteiger partial charge in [0.15, 0.2) is 0 Å². The quantitative estimate of drug-likeness (QED) is 0.176. The molecule has 0 aromatic carbocycles. The standard InChI is InChI=1S/C43H68F2N6O6/c1-7-14-28(33(52)38(56)46-27-18-19-27)47-36(54)30-23-43(41(5,6)42(43)20-13-21-42)25-51(30)39(57)34(40(2,3)4)49-37(55)32(26-15-9-8-10-16-26)48-35(53)29-17-11-12-22-50(29)24-31(44)45/h26-32,34H,7-25H2,1-6H3,(H,46,56)(H,47,54)(H,48,53)(H,49,55)/t28?,29-,30-,32?,34+,43+/m0/s1. The number of piperidine rings is 1. The number of hydrogen-bond donors (Lipinski definition) is 4. The topological polar surface area (TPSA) is 157 Å². The van der Waals surface area contributed by atoms with Crippen molar-refractivity contribution in [2.45, 2.75) is 187 Å². The molecular weight excluding hydrogens is 735 g/mol. The summed E-state index contributed by atoms with van der Waals surface area (Å²) in [5.74, 6) is -3.39. The van der Waals surface area contributed by atoms with Gasteiger partial charge in [-0.1, -0.05) is 80.1 Å². The van der Waals surface area contributed by atoms with Crippen molar-refractivity contribution in [3.8, 4) is 0 Å². The van der Waals surface area contributed by atoms with Crippen LogP contribution in [0.15, 0.2) is 0 Å². The molecule has 6 atom stereocenters. The maximum atomic E-state index is 15.1. The van der Waals surface area contributed by atoms with Crippen LogP contribution in [0.1, 0.15) is 144 Å². The minimum atomic E-state index is -2.59. The molecule has 2 spiro atoms. The van der Waals surface area contributed by atoms with E-state index < -0.39 is 83.9 Å². The maximum absolute atomic E-state index is 15.1. The third-order valence-electron chi connectivity index (χ3n) is 15.1. The van der Waals surface area contributed by atoms with E-state index in [1.807, 2.05) is 27.7 Å². The Balaban J connectivity index is 1.25. The highest BCUT2D eigenvalue weighted by atomic mass is 19.3. The lowest BCUT2D eigenvalue weighted by Crippen LogP contribution is -2.63. The number of likely N-dealkylation sites (tertiary alicyclic amines) is 2. The molecule has 6 aliphatic rings. The van der Waals surface area contributed by atoms with Crippen LogP contribution in [0.4, 0.5) is 8.78 Å². The highest BCUT2D eigenvalue weighted by molar-refractivity contribution is 6.38. The summed E-state index contributed by atoms with van der Waals surface area (Å²) in [4.78, 5) is 87.3. The first-order valence-corrected chi connectivity index (χ1v) is 22.0. The van der Waals surface area contributed by atoms with Crippen LogP contribution in [0.3, 0.4) is 0 Å². The smallest absolute Gasteiger partial charge is 0.289 e. The molecule has 0 radical (unpaired) electrons. The van der Waals surface area contributed by atoms with Crippen molar-refractivity contribution in [3.05, 3.63) is 0 Å². The molecule has 0 aromatic rings. The number of fused-ring (bicyclic) bond motifs is 1. The Morgan fingerprint density at radius 3 is 2.00 bits per heavy atom. The van der Waals surface area contributed by atoms with Crippen LogP contribution >= 0.6 is 0 Å². The van der Waals surface area contributed by atoms with Crippen molar-refractivity contribution in [1.29, 1.82) is 0 Å². The monoisotopic (exact) mass is 803 g/mol. The number of halogens is 2. The van der Waals surface area contributed by atoms with E-state index >= 15 is 4.79 Å². The van der Waals surface area contributed by atoms with Crippen molar-refractivity contribution in [2.24, 2.45) is 27.6 Å². The van der Waals surface area contributed by atoms with Gasteiger partial charge >= 0.3 is 0 Å². The molecule has 4 saturated carbocycles. The lowest BCUT2D eigenvalue weighted by molar-refractivity contribution is -0.146. The first-order chi connectivity index (χ1) is 26.9. The molecule has 14 heteroatoms. The molecule has 6 fully saturated rings. The number of alkyl halides is 2. The van der Waals surface area contributed by atoms with Crippen LogP contribution in [0, 0.1) is 27.6 Å². The third-order valence-corrected chi connectivity index (χ3v) is 15.1. The fraction of sp³-hybridized carbons (Fsp3) is 0.860. The molecule has 2 heterocycles. The highest BCUT2D eigenvalue weighted by Crippen LogP contribution is 2.88. The summed E-state index contributed by atoms with van der Waals surface area (Å²) < 4.78 is 27.0. The number of nitrogens with zero attached hydrogens (tertiary/aromatic N) is 2. The van der Waals surface area contributed by atoms with Crippen LogP contribution in [0.25, 0.3) is 0 Å². The molecule has 2 unspecified atom stereocenters. The number of hydrogen-bond acceptors (Lipinski definition) is 7. The molecule has 0 aromatic heterocycles. The molecule has 4 aliphatic carbocycles. The third kappa shape index (κ3) is 8.49. The molecule has 5 amide bonds. The number of nitrogens with one attached hydrogen (secondary N) is 4. The summed E-state index contributed by atoms with van der Waals surface area (Å²) in [5.41, 5.74) is -1.27. The fourth-order valence-electron chi connectivity index (χ4n) is 11.4. The number of carbonyl (C=O) groups excluding carboxylic acids is 6. The van der Waals surface area contributed by atoms with Crippen LogP contribution < -0.4 is 21.3 Å². The van der Waals surface area contributed by atoms with E-state index in [0.717, 1.165) is 64.2 Å². The summed E-state index contributed by atoms with van der Waals surface area (Å²) in [6.45, 7) is 12.1. The van der Waals surface area contributed by atoms with Crippen LogP contribution in [0.5, 0.6) is 0 Å². The molecule has 57 heavy (non-hydrogen) atoms. The van der Waals surface area contributed by atoms with E-state index in [-0.39, 0.29) is 34.6 Å². The zero-order valence-electron chi connectivity index (χ0n) is 35.2. The minimum Gasteiger partial charge on any atom is -0.347 e. The number of Topliss-reactive ketones (excluding diaryl/α,β-unsaturated/α-hetero) is 1. The average molecular weight is 803 g/mol. The van der Waals surface area contributed by atoms with E-state index in [9.17, 15) is 32.8 Å².